The van der Waals surface area contributed by atoms with Gasteiger partial charge in [0, 0.05) is 6.92 Å². The van der Waals surface area contributed by atoms with Crippen molar-refractivity contribution in [2.45, 2.75) is 34.1 Å². The van der Waals surface area contributed by atoms with Gasteiger partial charge in [-0.15, -0.1) is 0 Å². The lowest BCUT2D eigenvalue weighted by atomic mass is 9.88. The zero-order valence-electron chi connectivity index (χ0n) is 10.2. The number of nitrogens with one attached hydrogen (secondary N) is 1. The minimum atomic E-state index is -0.102. The van der Waals surface area contributed by atoms with Crippen molar-refractivity contribution in [1.29, 1.82) is 0 Å². The molecule has 3 heteroatoms. The summed E-state index contributed by atoms with van der Waals surface area (Å²) in [5, 5.41) is 3.31. The fourth-order valence-corrected chi connectivity index (χ4v) is 1.74. The average molecular weight is 240 g/mol. The molecule has 1 rings (SSSR count). The Morgan fingerprint density at radius 3 is 2.50 bits per heavy atom. The highest BCUT2D eigenvalue weighted by molar-refractivity contribution is 6.33. The van der Waals surface area contributed by atoms with Gasteiger partial charge in [0.2, 0.25) is 5.91 Å². The minimum absolute atomic E-state index is 0.102. The fourth-order valence-electron chi connectivity index (χ4n) is 1.58. The maximum absolute atomic E-state index is 11.0. The van der Waals surface area contributed by atoms with Crippen molar-refractivity contribution >= 4 is 23.2 Å². The van der Waals surface area contributed by atoms with Gasteiger partial charge in [0.05, 0.1) is 10.7 Å². The van der Waals surface area contributed by atoms with Gasteiger partial charge in [-0.2, -0.15) is 0 Å². The van der Waals surface area contributed by atoms with Crippen LogP contribution in [-0.4, -0.2) is 5.91 Å². The van der Waals surface area contributed by atoms with Gasteiger partial charge in [0.15, 0.2) is 0 Å². The second-order valence-corrected chi connectivity index (χ2v) is 5.64. The smallest absolute Gasteiger partial charge is 0.221 e. The molecule has 0 radical (unpaired) electrons. The van der Waals surface area contributed by atoms with Crippen LogP contribution < -0.4 is 5.32 Å². The first-order valence-electron chi connectivity index (χ1n) is 5.34. The lowest BCUT2D eigenvalue weighted by Gasteiger charge is -2.19. The molecule has 0 spiro atoms. The number of amides is 1. The molecule has 0 unspecified atom stereocenters. The number of halogens is 1. The van der Waals surface area contributed by atoms with Gasteiger partial charge in [0.1, 0.15) is 0 Å². The number of rotatable bonds is 2. The van der Waals surface area contributed by atoms with Crippen LogP contribution in [-0.2, 0) is 11.2 Å². The Bertz CT molecular complexity index is 393. The van der Waals surface area contributed by atoms with E-state index in [1.807, 2.05) is 18.2 Å². The highest BCUT2D eigenvalue weighted by Crippen LogP contribution is 2.27. The van der Waals surface area contributed by atoms with E-state index in [1.54, 1.807) is 0 Å². The Morgan fingerprint density at radius 2 is 2.00 bits per heavy atom. The van der Waals surface area contributed by atoms with Crippen LogP contribution in [0.25, 0.3) is 0 Å². The predicted molar refractivity (Wildman–Crippen MR) is 68.9 cm³/mol. The molecule has 0 fully saturated rings. The summed E-state index contributed by atoms with van der Waals surface area (Å²) < 4.78 is 0. The maximum Gasteiger partial charge on any atom is 0.221 e. The Morgan fingerprint density at radius 1 is 1.38 bits per heavy atom. The van der Waals surface area contributed by atoms with E-state index in [9.17, 15) is 4.79 Å². The standard InChI is InChI=1S/C13H18ClNO/c1-9(16)15-12-7-10(5-6-11(12)14)8-13(2,3)4/h5-7H,8H2,1-4H3,(H,15,16). The van der Waals surface area contributed by atoms with Crippen LogP contribution in [0.3, 0.4) is 0 Å². The quantitative estimate of drug-likeness (QED) is 0.834. The first-order valence-corrected chi connectivity index (χ1v) is 5.72. The molecule has 0 heterocycles. The highest BCUT2D eigenvalue weighted by Gasteiger charge is 2.12. The summed E-state index contributed by atoms with van der Waals surface area (Å²) in [6.07, 6.45) is 0.955. The Kier molecular flexibility index (Phi) is 3.98. The van der Waals surface area contributed by atoms with Crippen LogP contribution in [0.15, 0.2) is 18.2 Å². The first kappa shape index (κ1) is 13.0. The fraction of sp³-hybridized carbons (Fsp3) is 0.462. The molecular formula is C13H18ClNO. The van der Waals surface area contributed by atoms with E-state index in [0.29, 0.717) is 10.7 Å². The molecule has 1 aromatic rings. The molecule has 88 valence electrons. The second-order valence-electron chi connectivity index (χ2n) is 5.23. The molecule has 0 aliphatic rings. The van der Waals surface area contributed by atoms with E-state index in [1.165, 1.54) is 12.5 Å². The van der Waals surface area contributed by atoms with E-state index in [0.717, 1.165) is 6.42 Å². The van der Waals surface area contributed by atoms with Crippen molar-refractivity contribution in [2.24, 2.45) is 5.41 Å². The van der Waals surface area contributed by atoms with Crippen molar-refractivity contribution in [2.75, 3.05) is 5.32 Å². The number of carbonyl (C=O) groups is 1. The lowest BCUT2D eigenvalue weighted by Crippen LogP contribution is -2.10. The van der Waals surface area contributed by atoms with Crippen molar-refractivity contribution in [3.63, 3.8) is 0 Å². The molecule has 0 aliphatic carbocycles. The molecule has 0 atom stereocenters. The van der Waals surface area contributed by atoms with Gasteiger partial charge < -0.3 is 5.32 Å². The van der Waals surface area contributed by atoms with Gasteiger partial charge in [-0.25, -0.2) is 0 Å². The van der Waals surface area contributed by atoms with E-state index < -0.39 is 0 Å². The molecule has 0 bridgehead atoms. The van der Waals surface area contributed by atoms with E-state index >= 15 is 0 Å². The summed E-state index contributed by atoms with van der Waals surface area (Å²) in [5.74, 6) is -0.102. The Balaban J connectivity index is 2.93. The van der Waals surface area contributed by atoms with E-state index in [-0.39, 0.29) is 11.3 Å². The van der Waals surface area contributed by atoms with Gasteiger partial charge in [0.25, 0.3) is 0 Å². The largest absolute Gasteiger partial charge is 0.325 e. The van der Waals surface area contributed by atoms with Crippen LogP contribution >= 0.6 is 11.6 Å². The van der Waals surface area contributed by atoms with Crippen LogP contribution in [0.1, 0.15) is 33.3 Å². The molecular weight excluding hydrogens is 222 g/mol. The molecule has 1 aromatic carbocycles. The number of anilines is 1. The average Bonchev–Trinajstić information content (AvgIpc) is 2.07. The molecule has 0 saturated heterocycles. The highest BCUT2D eigenvalue weighted by atomic mass is 35.5. The predicted octanol–water partition coefficient (Wildman–Crippen LogP) is 3.89. The molecule has 0 aliphatic heterocycles. The number of hydrogen-bond donors (Lipinski definition) is 1. The van der Waals surface area contributed by atoms with Crippen LogP contribution in [0.2, 0.25) is 5.02 Å². The Hall–Kier alpha value is -1.02. The maximum atomic E-state index is 11.0. The summed E-state index contributed by atoms with van der Waals surface area (Å²) in [5.41, 5.74) is 2.10. The third-order valence-electron chi connectivity index (χ3n) is 2.08. The molecule has 0 aromatic heterocycles. The summed E-state index contributed by atoms with van der Waals surface area (Å²) >= 11 is 6.00. The molecule has 16 heavy (non-hydrogen) atoms. The van der Waals surface area contributed by atoms with Gasteiger partial charge >= 0.3 is 0 Å². The first-order chi connectivity index (χ1) is 7.28. The van der Waals surface area contributed by atoms with Crippen LogP contribution in [0.4, 0.5) is 5.69 Å². The van der Waals surface area contributed by atoms with Gasteiger partial charge in [-0.1, -0.05) is 38.4 Å². The minimum Gasteiger partial charge on any atom is -0.325 e. The van der Waals surface area contributed by atoms with Crippen LogP contribution in [0, 0.1) is 5.41 Å². The van der Waals surface area contributed by atoms with Crippen molar-refractivity contribution in [3.05, 3.63) is 28.8 Å². The number of hydrogen-bond acceptors (Lipinski definition) is 1. The summed E-state index contributed by atoms with van der Waals surface area (Å²) in [4.78, 5) is 11.0. The zero-order chi connectivity index (χ0) is 12.3. The van der Waals surface area contributed by atoms with Crippen LogP contribution in [0.5, 0.6) is 0 Å². The third-order valence-corrected chi connectivity index (χ3v) is 2.41. The third kappa shape index (κ3) is 4.23. The second kappa shape index (κ2) is 4.88. The van der Waals surface area contributed by atoms with E-state index in [2.05, 4.69) is 26.1 Å². The van der Waals surface area contributed by atoms with E-state index in [4.69, 9.17) is 11.6 Å². The Labute approximate surface area is 102 Å². The monoisotopic (exact) mass is 239 g/mol. The summed E-state index contributed by atoms with van der Waals surface area (Å²) in [6, 6.07) is 5.77. The molecule has 2 nitrogen and oxygen atoms in total. The topological polar surface area (TPSA) is 29.1 Å². The summed E-state index contributed by atoms with van der Waals surface area (Å²) in [6.45, 7) is 8.02. The number of benzene rings is 1. The van der Waals surface area contributed by atoms with Gasteiger partial charge in [-0.3, -0.25) is 4.79 Å². The lowest BCUT2D eigenvalue weighted by molar-refractivity contribution is -0.114. The van der Waals surface area contributed by atoms with Crippen molar-refractivity contribution < 1.29 is 4.79 Å². The molecule has 0 saturated carbocycles. The normalized spacial score (nSPS) is 11.3. The molecule has 1 N–H and O–H groups in total. The summed E-state index contributed by atoms with van der Waals surface area (Å²) in [7, 11) is 0. The zero-order valence-corrected chi connectivity index (χ0v) is 11.0. The van der Waals surface area contributed by atoms with Crippen molar-refractivity contribution in [1.82, 2.24) is 0 Å². The SMILES string of the molecule is CC(=O)Nc1cc(CC(C)(C)C)ccc1Cl. The number of carbonyl (C=O) groups excluding carboxylic acids is 1. The molecule has 1 amide bonds. The van der Waals surface area contributed by atoms with Crippen molar-refractivity contribution in [3.8, 4) is 0 Å². The van der Waals surface area contributed by atoms with Gasteiger partial charge in [-0.05, 0) is 29.5 Å².